The monoisotopic (exact) mass is 461 g/mol. The highest BCUT2D eigenvalue weighted by Crippen LogP contribution is 2.49. The number of aromatic nitrogens is 1. The van der Waals surface area contributed by atoms with Crippen molar-refractivity contribution in [2.75, 3.05) is 13.1 Å². The van der Waals surface area contributed by atoms with Crippen molar-refractivity contribution < 1.29 is 14.0 Å². The number of amides is 2. The van der Waals surface area contributed by atoms with Crippen LogP contribution in [-0.2, 0) is 4.79 Å². The number of piperidine rings is 1. The highest BCUT2D eigenvalue weighted by atomic mass is 19.1. The number of nitrogens with one attached hydrogen (secondary N) is 2. The lowest BCUT2D eigenvalue weighted by Gasteiger charge is -2.39. The van der Waals surface area contributed by atoms with E-state index in [1.165, 1.54) is 17.7 Å². The van der Waals surface area contributed by atoms with Crippen molar-refractivity contribution in [2.45, 2.75) is 52.0 Å². The molecule has 2 unspecified atom stereocenters. The molecule has 1 aliphatic heterocycles. The number of aryl methyl sites for hydroxylation is 1. The van der Waals surface area contributed by atoms with Gasteiger partial charge in [0.15, 0.2) is 0 Å². The number of carbonyl (C=O) groups excluding carboxylic acids is 2. The van der Waals surface area contributed by atoms with Crippen LogP contribution in [0, 0.1) is 24.1 Å². The average Bonchev–Trinajstić information content (AvgIpc) is 3.44. The summed E-state index contributed by atoms with van der Waals surface area (Å²) in [6.07, 6.45) is 4.69. The molecule has 1 aromatic heterocycles. The largest absolute Gasteiger partial charge is 0.351 e. The zero-order valence-corrected chi connectivity index (χ0v) is 19.9. The third-order valence-corrected chi connectivity index (χ3v) is 7.93. The van der Waals surface area contributed by atoms with Gasteiger partial charge in [-0.25, -0.2) is 4.39 Å². The van der Waals surface area contributed by atoms with Gasteiger partial charge in [-0.2, -0.15) is 0 Å². The molecular formula is C28H32FN3O2. The second-order valence-corrected chi connectivity index (χ2v) is 10.3. The number of nitrogens with zero attached hydrogens (tertiary/aromatic N) is 1. The summed E-state index contributed by atoms with van der Waals surface area (Å²) in [5, 5.41) is 3.92. The standard InChI is InChI=1S/C28H32FN3O2/c1-18-3-5-20(6-4-18)19(2)30-26(33)21-9-10-28(17-21)11-13-32(14-12-28)27(34)25-16-22-15-23(29)7-8-24(22)31-25/h3-8,15-16,19,21,31H,9-14,17H2,1-2H3,(H,30,33). The summed E-state index contributed by atoms with van der Waals surface area (Å²) >= 11 is 0. The topological polar surface area (TPSA) is 65.2 Å². The molecule has 0 bridgehead atoms. The van der Waals surface area contributed by atoms with E-state index in [0.717, 1.165) is 43.2 Å². The number of hydrogen-bond acceptors (Lipinski definition) is 2. The van der Waals surface area contributed by atoms with Gasteiger partial charge in [-0.3, -0.25) is 9.59 Å². The van der Waals surface area contributed by atoms with Gasteiger partial charge in [-0.15, -0.1) is 0 Å². The molecule has 178 valence electrons. The maximum Gasteiger partial charge on any atom is 0.270 e. The molecule has 1 spiro atoms. The zero-order valence-electron chi connectivity index (χ0n) is 19.9. The number of H-pyrrole nitrogens is 1. The van der Waals surface area contributed by atoms with E-state index in [1.807, 2.05) is 11.8 Å². The zero-order chi connectivity index (χ0) is 23.9. The van der Waals surface area contributed by atoms with E-state index in [2.05, 4.69) is 41.5 Å². The smallest absolute Gasteiger partial charge is 0.270 e. The molecule has 2 amide bonds. The second-order valence-electron chi connectivity index (χ2n) is 10.3. The predicted octanol–water partition coefficient (Wildman–Crippen LogP) is 5.52. The van der Waals surface area contributed by atoms with Crippen molar-refractivity contribution in [3.05, 3.63) is 71.2 Å². The summed E-state index contributed by atoms with van der Waals surface area (Å²) in [5.74, 6) is -0.156. The number of halogens is 1. The van der Waals surface area contributed by atoms with Crippen LogP contribution < -0.4 is 5.32 Å². The lowest BCUT2D eigenvalue weighted by atomic mass is 9.76. The average molecular weight is 462 g/mol. The van der Waals surface area contributed by atoms with Crippen LogP contribution in [0.15, 0.2) is 48.5 Å². The minimum atomic E-state index is -0.307. The second kappa shape index (κ2) is 8.90. The third-order valence-electron chi connectivity index (χ3n) is 7.93. The van der Waals surface area contributed by atoms with E-state index in [1.54, 1.807) is 12.1 Å². The summed E-state index contributed by atoms with van der Waals surface area (Å²) in [5.41, 5.74) is 3.75. The molecule has 2 fully saturated rings. The third kappa shape index (κ3) is 4.46. The summed E-state index contributed by atoms with van der Waals surface area (Å²) in [6.45, 7) is 5.48. The molecule has 2 N–H and O–H groups in total. The number of aromatic amines is 1. The molecule has 2 aromatic carbocycles. The van der Waals surface area contributed by atoms with Gasteiger partial charge in [0, 0.05) is 29.9 Å². The van der Waals surface area contributed by atoms with Gasteiger partial charge in [0.1, 0.15) is 11.5 Å². The number of fused-ring (bicyclic) bond motifs is 1. The quantitative estimate of drug-likeness (QED) is 0.538. The first-order chi connectivity index (χ1) is 16.3. The molecule has 2 atom stereocenters. The van der Waals surface area contributed by atoms with Crippen LogP contribution in [0.1, 0.15) is 66.7 Å². The number of likely N-dealkylation sites (tertiary alicyclic amines) is 1. The van der Waals surface area contributed by atoms with E-state index < -0.39 is 0 Å². The molecule has 0 radical (unpaired) electrons. The van der Waals surface area contributed by atoms with Gasteiger partial charge in [0.05, 0.1) is 6.04 Å². The first-order valence-corrected chi connectivity index (χ1v) is 12.3. The molecule has 5 nitrogen and oxygen atoms in total. The summed E-state index contributed by atoms with van der Waals surface area (Å²) in [7, 11) is 0. The van der Waals surface area contributed by atoms with Crippen LogP contribution >= 0.6 is 0 Å². The Morgan fingerprint density at radius 2 is 1.82 bits per heavy atom. The van der Waals surface area contributed by atoms with E-state index in [-0.39, 0.29) is 35.0 Å². The van der Waals surface area contributed by atoms with Crippen molar-refractivity contribution in [2.24, 2.45) is 11.3 Å². The minimum Gasteiger partial charge on any atom is -0.351 e. The molecule has 6 heteroatoms. The minimum absolute atomic E-state index is 0.00565. The van der Waals surface area contributed by atoms with Crippen molar-refractivity contribution in [1.82, 2.24) is 15.2 Å². The molecule has 5 rings (SSSR count). The molecular weight excluding hydrogens is 429 g/mol. The molecule has 2 aliphatic rings. The molecule has 3 aromatic rings. The Labute approximate surface area is 199 Å². The molecule has 34 heavy (non-hydrogen) atoms. The van der Waals surface area contributed by atoms with Crippen molar-refractivity contribution >= 4 is 22.7 Å². The van der Waals surface area contributed by atoms with E-state index in [0.29, 0.717) is 24.2 Å². The maximum atomic E-state index is 13.5. The van der Waals surface area contributed by atoms with Crippen molar-refractivity contribution in [1.29, 1.82) is 0 Å². The van der Waals surface area contributed by atoms with Crippen LogP contribution in [0.25, 0.3) is 10.9 Å². The number of hydrogen-bond donors (Lipinski definition) is 2. The highest BCUT2D eigenvalue weighted by Gasteiger charge is 2.44. The summed E-state index contributed by atoms with van der Waals surface area (Å²) in [6, 6.07) is 14.5. The first kappa shape index (κ1) is 22.6. The lowest BCUT2D eigenvalue weighted by molar-refractivity contribution is -0.125. The lowest BCUT2D eigenvalue weighted by Crippen LogP contribution is -2.43. The molecule has 1 saturated carbocycles. The van der Waals surface area contributed by atoms with Crippen LogP contribution in [-0.4, -0.2) is 34.8 Å². The fraction of sp³-hybridized carbons (Fsp3) is 0.429. The van der Waals surface area contributed by atoms with Gasteiger partial charge in [0.2, 0.25) is 5.91 Å². The van der Waals surface area contributed by atoms with E-state index in [9.17, 15) is 14.0 Å². The van der Waals surface area contributed by atoms with Gasteiger partial charge in [0.25, 0.3) is 5.91 Å². The first-order valence-electron chi connectivity index (χ1n) is 12.3. The van der Waals surface area contributed by atoms with Gasteiger partial charge in [-0.05, 0) is 81.2 Å². The van der Waals surface area contributed by atoms with Gasteiger partial charge in [-0.1, -0.05) is 29.8 Å². The molecule has 1 saturated heterocycles. The predicted molar refractivity (Wildman–Crippen MR) is 131 cm³/mol. The van der Waals surface area contributed by atoms with Crippen LogP contribution in [0.3, 0.4) is 0 Å². The Balaban J connectivity index is 1.16. The Bertz CT molecular complexity index is 1210. The van der Waals surface area contributed by atoms with E-state index in [4.69, 9.17) is 0 Å². The summed E-state index contributed by atoms with van der Waals surface area (Å²) in [4.78, 5) is 31.0. The van der Waals surface area contributed by atoms with Crippen LogP contribution in [0.5, 0.6) is 0 Å². The Kier molecular flexibility index (Phi) is 5.92. The van der Waals surface area contributed by atoms with Gasteiger partial charge < -0.3 is 15.2 Å². The normalized spacial score (nSPS) is 20.6. The Hall–Kier alpha value is -3.15. The summed E-state index contributed by atoms with van der Waals surface area (Å²) < 4.78 is 13.5. The number of rotatable bonds is 4. The Morgan fingerprint density at radius 3 is 2.56 bits per heavy atom. The van der Waals surface area contributed by atoms with E-state index >= 15 is 0 Å². The number of benzene rings is 2. The van der Waals surface area contributed by atoms with Gasteiger partial charge >= 0.3 is 0 Å². The molecule has 1 aliphatic carbocycles. The Morgan fingerprint density at radius 1 is 1.09 bits per heavy atom. The SMILES string of the molecule is Cc1ccc(C(C)NC(=O)C2CCC3(CCN(C(=O)c4cc5cc(F)ccc5[nH]4)CC3)C2)cc1. The van der Waals surface area contributed by atoms with Crippen LogP contribution in [0.4, 0.5) is 4.39 Å². The maximum absolute atomic E-state index is 13.5. The van der Waals surface area contributed by atoms with Crippen LogP contribution in [0.2, 0.25) is 0 Å². The fourth-order valence-corrected chi connectivity index (χ4v) is 5.73. The molecule has 2 heterocycles. The van der Waals surface area contributed by atoms with Crippen molar-refractivity contribution in [3.8, 4) is 0 Å². The highest BCUT2D eigenvalue weighted by molar-refractivity contribution is 5.98. The van der Waals surface area contributed by atoms with Crippen molar-refractivity contribution in [3.63, 3.8) is 0 Å². The fourth-order valence-electron chi connectivity index (χ4n) is 5.73. The number of carbonyl (C=O) groups is 2.